The Balaban J connectivity index is 1.29. The van der Waals surface area contributed by atoms with Crippen LogP contribution in [0.3, 0.4) is 0 Å². The van der Waals surface area contributed by atoms with Gasteiger partial charge < -0.3 is 9.30 Å². The fourth-order valence-electron chi connectivity index (χ4n) is 7.81. The van der Waals surface area contributed by atoms with Crippen molar-refractivity contribution < 1.29 is 4.74 Å². The van der Waals surface area contributed by atoms with E-state index >= 15 is 0 Å². The summed E-state index contributed by atoms with van der Waals surface area (Å²) in [6, 6.07) is 40.9. The van der Waals surface area contributed by atoms with Crippen LogP contribution in [0.5, 0.6) is 5.06 Å². The van der Waals surface area contributed by atoms with Crippen LogP contribution in [0.25, 0.3) is 59.2 Å². The molecule has 0 saturated heterocycles. The van der Waals surface area contributed by atoms with E-state index in [4.69, 9.17) is 4.74 Å². The molecule has 0 bridgehead atoms. The van der Waals surface area contributed by atoms with Gasteiger partial charge in [0.15, 0.2) is 5.06 Å². The second-order valence-corrected chi connectivity index (χ2v) is 14.9. The van der Waals surface area contributed by atoms with Gasteiger partial charge in [0.1, 0.15) is 0 Å². The van der Waals surface area contributed by atoms with E-state index in [1.54, 1.807) is 18.4 Å². The lowest BCUT2D eigenvalue weighted by molar-refractivity contribution is 0.427. The Hall–Kier alpha value is -4.38. The third-order valence-corrected chi connectivity index (χ3v) is 12.3. The van der Waals surface area contributed by atoms with E-state index in [0.717, 1.165) is 17.9 Å². The highest BCUT2D eigenvalue weighted by Gasteiger charge is 2.36. The highest BCUT2D eigenvalue weighted by molar-refractivity contribution is 7.24. The summed E-state index contributed by atoms with van der Waals surface area (Å²) in [6.45, 7) is 4.75. The highest BCUT2D eigenvalue weighted by atomic mass is 32.1. The number of thiophene rings is 2. The second kappa shape index (κ2) is 10.1. The molecule has 7 aromatic rings. The quantitative estimate of drug-likeness (QED) is 0.187. The van der Waals surface area contributed by atoms with Crippen molar-refractivity contribution >= 4 is 33.6 Å². The molecule has 3 aromatic heterocycles. The first-order valence-corrected chi connectivity index (χ1v) is 17.4. The maximum atomic E-state index is 5.48. The summed E-state index contributed by atoms with van der Waals surface area (Å²) in [7, 11) is 1.74. The van der Waals surface area contributed by atoms with Gasteiger partial charge in [-0.05, 0) is 112 Å². The van der Waals surface area contributed by atoms with Gasteiger partial charge in [0, 0.05) is 31.1 Å². The van der Waals surface area contributed by atoms with Crippen LogP contribution in [-0.2, 0) is 18.3 Å². The summed E-state index contributed by atoms with van der Waals surface area (Å²) in [4.78, 5) is 3.85. The molecule has 0 radical (unpaired) electrons. The van der Waals surface area contributed by atoms with Crippen LogP contribution < -0.4 is 4.74 Å². The van der Waals surface area contributed by atoms with Gasteiger partial charge in [-0.25, -0.2) is 0 Å². The summed E-state index contributed by atoms with van der Waals surface area (Å²) in [6.07, 6.45) is 3.39. The first-order chi connectivity index (χ1) is 22.0. The van der Waals surface area contributed by atoms with E-state index in [0.29, 0.717) is 0 Å². The lowest BCUT2D eigenvalue weighted by Gasteiger charge is -2.22. The van der Waals surface area contributed by atoms with Crippen LogP contribution in [0.15, 0.2) is 109 Å². The molecule has 0 unspecified atom stereocenters. The van der Waals surface area contributed by atoms with Gasteiger partial charge in [-0.2, -0.15) is 0 Å². The van der Waals surface area contributed by atoms with E-state index < -0.39 is 0 Å². The maximum absolute atomic E-state index is 5.48. The molecular formula is C41H33NOS2. The highest BCUT2D eigenvalue weighted by Crippen LogP contribution is 2.51. The molecule has 9 rings (SSSR count). The molecule has 220 valence electrons. The van der Waals surface area contributed by atoms with Crippen LogP contribution in [-0.4, -0.2) is 11.7 Å². The van der Waals surface area contributed by atoms with Crippen LogP contribution >= 0.6 is 22.7 Å². The Morgan fingerprint density at radius 2 is 1.42 bits per heavy atom. The van der Waals surface area contributed by atoms with Gasteiger partial charge >= 0.3 is 0 Å². The Bertz CT molecular complexity index is 2260. The van der Waals surface area contributed by atoms with Crippen molar-refractivity contribution in [1.82, 2.24) is 4.57 Å². The molecule has 4 heteroatoms. The van der Waals surface area contributed by atoms with Crippen molar-refractivity contribution in [1.29, 1.82) is 0 Å². The Morgan fingerprint density at radius 3 is 2.27 bits per heavy atom. The summed E-state index contributed by atoms with van der Waals surface area (Å²) >= 11 is 3.58. The van der Waals surface area contributed by atoms with Crippen molar-refractivity contribution in [3.8, 4) is 53.3 Å². The Labute approximate surface area is 272 Å². The van der Waals surface area contributed by atoms with Gasteiger partial charge in [0.05, 0.1) is 18.3 Å². The van der Waals surface area contributed by atoms with Gasteiger partial charge in [-0.3, -0.25) is 0 Å². The van der Waals surface area contributed by atoms with Gasteiger partial charge in [0.25, 0.3) is 0 Å². The molecule has 45 heavy (non-hydrogen) atoms. The third-order valence-electron chi connectivity index (χ3n) is 9.91. The van der Waals surface area contributed by atoms with Crippen molar-refractivity contribution in [3.63, 3.8) is 0 Å². The normalized spacial score (nSPS) is 14.5. The van der Waals surface area contributed by atoms with Crippen LogP contribution in [0.4, 0.5) is 0 Å². The number of ether oxygens (including phenoxy) is 1. The number of benzene rings is 4. The fourth-order valence-corrected chi connectivity index (χ4v) is 9.71. The molecule has 2 nitrogen and oxygen atoms in total. The van der Waals surface area contributed by atoms with Gasteiger partial charge in [-0.1, -0.05) is 85.8 Å². The minimum Gasteiger partial charge on any atom is -0.487 e. The maximum Gasteiger partial charge on any atom is 0.173 e. The molecule has 3 heterocycles. The molecule has 4 aromatic carbocycles. The monoisotopic (exact) mass is 619 g/mol. The average Bonchev–Trinajstić information content (AvgIpc) is 3.86. The van der Waals surface area contributed by atoms with Crippen molar-refractivity contribution in [2.24, 2.45) is 0 Å². The van der Waals surface area contributed by atoms with E-state index in [1.165, 1.54) is 87.8 Å². The third kappa shape index (κ3) is 4.05. The van der Waals surface area contributed by atoms with Crippen LogP contribution in [0, 0.1) is 0 Å². The summed E-state index contributed by atoms with van der Waals surface area (Å²) in [5.74, 6) is 0. The lowest BCUT2D eigenvalue weighted by atomic mass is 9.82. The number of aromatic nitrogens is 1. The molecule has 2 aliphatic rings. The smallest absolute Gasteiger partial charge is 0.173 e. The predicted molar refractivity (Wildman–Crippen MR) is 191 cm³/mol. The van der Waals surface area contributed by atoms with Crippen molar-refractivity contribution in [3.05, 3.63) is 131 Å². The van der Waals surface area contributed by atoms with Crippen molar-refractivity contribution in [2.45, 2.75) is 38.5 Å². The molecule has 0 atom stereocenters. The minimum absolute atomic E-state index is 0.0528. The number of fused-ring (bicyclic) bond motifs is 3. The zero-order valence-corrected chi connectivity index (χ0v) is 27.3. The van der Waals surface area contributed by atoms with Crippen molar-refractivity contribution in [2.75, 3.05) is 7.11 Å². The first kappa shape index (κ1) is 27.0. The first-order valence-electron chi connectivity index (χ1n) is 15.8. The predicted octanol–water partition coefficient (Wildman–Crippen LogP) is 11.6. The van der Waals surface area contributed by atoms with E-state index in [-0.39, 0.29) is 5.41 Å². The van der Waals surface area contributed by atoms with Gasteiger partial charge in [-0.15, -0.1) is 11.3 Å². The van der Waals surface area contributed by atoms with Crippen LogP contribution in [0.1, 0.15) is 42.5 Å². The lowest BCUT2D eigenvalue weighted by Crippen LogP contribution is -2.15. The topological polar surface area (TPSA) is 14.2 Å². The number of rotatable bonds is 5. The second-order valence-electron chi connectivity index (χ2n) is 12.8. The van der Waals surface area contributed by atoms with E-state index in [2.05, 4.69) is 128 Å². The molecule has 0 N–H and O–H groups in total. The van der Waals surface area contributed by atoms with Crippen LogP contribution in [0.2, 0.25) is 0 Å². The molecular weight excluding hydrogens is 587 g/mol. The number of hydrogen-bond donors (Lipinski definition) is 0. The molecule has 0 spiro atoms. The summed E-state index contributed by atoms with van der Waals surface area (Å²) in [5, 5.41) is 2.40. The Kier molecular flexibility index (Phi) is 6.03. The SMILES string of the molecule is COc1ccc(-c2ccc(-c3cc4c5c(c(-c6ccccc6)n(-c6ccc7c(c6)C(C)(C)c6ccccc6-7)c5c3)CCC4)s2)s1. The van der Waals surface area contributed by atoms with E-state index in [9.17, 15) is 0 Å². The summed E-state index contributed by atoms with van der Waals surface area (Å²) in [5.41, 5.74) is 14.9. The molecule has 2 aliphatic carbocycles. The van der Waals surface area contributed by atoms with E-state index in [1.807, 2.05) is 11.3 Å². The number of nitrogens with zero attached hydrogens (tertiary/aromatic N) is 1. The number of hydrogen-bond acceptors (Lipinski definition) is 3. The molecule has 0 amide bonds. The zero-order valence-electron chi connectivity index (χ0n) is 25.7. The molecule has 0 aliphatic heterocycles. The largest absolute Gasteiger partial charge is 0.487 e. The fraction of sp³-hybridized carbons (Fsp3) is 0.171. The average molecular weight is 620 g/mol. The molecule has 0 fully saturated rings. The zero-order chi connectivity index (χ0) is 30.3. The van der Waals surface area contributed by atoms with Gasteiger partial charge in [0.2, 0.25) is 0 Å². The molecule has 0 saturated carbocycles. The standard InChI is InChI=1S/C41H33NOS2/c1-41(2)32-15-8-7-13-29(32)30-17-16-28(24-33(30)41)42-34-23-27(35-18-19-36(44-35)37-20-21-38(43-3)45-37)22-26-12-9-14-31(39(26)34)40(42)25-10-5-4-6-11-25/h4-8,10-11,13,15-24H,9,12,14H2,1-3H3. The number of aryl methyl sites for hydroxylation is 2. The number of methoxy groups -OCH3 is 1. The Morgan fingerprint density at radius 1 is 0.667 bits per heavy atom. The minimum atomic E-state index is -0.0528. The summed E-state index contributed by atoms with van der Waals surface area (Å²) < 4.78 is 8.06.